The lowest BCUT2D eigenvalue weighted by molar-refractivity contribution is 0.0210. The smallest absolute Gasteiger partial charge is 0.410 e. The van der Waals surface area contributed by atoms with Gasteiger partial charge >= 0.3 is 6.09 Å². The van der Waals surface area contributed by atoms with Gasteiger partial charge in [-0.2, -0.15) is 0 Å². The lowest BCUT2D eigenvalue weighted by Crippen LogP contribution is -2.44. The largest absolute Gasteiger partial charge is 0.444 e. The molecule has 2 rings (SSSR count). The second-order valence-corrected chi connectivity index (χ2v) is 6.88. The first-order valence-electron chi connectivity index (χ1n) is 7.40. The quantitative estimate of drug-likeness (QED) is 0.872. The number of ether oxygens (including phenoxy) is 1. The number of piperidine rings is 1. The van der Waals surface area contributed by atoms with Crippen molar-refractivity contribution in [2.24, 2.45) is 0 Å². The Labute approximate surface area is 136 Å². The third-order valence-electron chi connectivity index (χ3n) is 3.42. The molecule has 0 aliphatic carbocycles. The highest BCUT2D eigenvalue weighted by Gasteiger charge is 2.27. The van der Waals surface area contributed by atoms with Crippen LogP contribution < -0.4 is 11.1 Å². The monoisotopic (exact) mass is 326 g/mol. The number of carbonyl (C=O) groups is 1. The molecule has 2 heterocycles. The van der Waals surface area contributed by atoms with Crippen LogP contribution in [0, 0.1) is 0 Å². The van der Waals surface area contributed by atoms with Gasteiger partial charge in [0.25, 0.3) is 0 Å². The second kappa shape index (κ2) is 6.60. The van der Waals surface area contributed by atoms with Gasteiger partial charge in [0.1, 0.15) is 5.60 Å². The minimum atomic E-state index is -0.467. The number of rotatable bonds is 2. The molecule has 0 spiro atoms. The molecule has 0 atom stereocenters. The molecule has 7 heteroatoms. The maximum atomic E-state index is 12.0. The molecule has 3 N–H and O–H groups in total. The lowest BCUT2D eigenvalue weighted by Gasteiger charge is -2.34. The van der Waals surface area contributed by atoms with Crippen molar-refractivity contribution in [2.45, 2.75) is 45.3 Å². The zero-order valence-electron chi connectivity index (χ0n) is 13.2. The molecule has 122 valence electrons. The minimum Gasteiger partial charge on any atom is -0.444 e. The van der Waals surface area contributed by atoms with E-state index in [1.807, 2.05) is 20.8 Å². The maximum absolute atomic E-state index is 12.0. The van der Waals surface area contributed by atoms with E-state index in [9.17, 15) is 4.79 Å². The second-order valence-electron chi connectivity index (χ2n) is 6.47. The van der Waals surface area contributed by atoms with Gasteiger partial charge in [0.2, 0.25) is 0 Å². The van der Waals surface area contributed by atoms with E-state index < -0.39 is 5.60 Å². The topological polar surface area (TPSA) is 80.5 Å². The first-order chi connectivity index (χ1) is 10.3. The summed E-state index contributed by atoms with van der Waals surface area (Å²) in [6, 6.07) is 0.223. The molecule has 6 nitrogen and oxygen atoms in total. The van der Waals surface area contributed by atoms with Crippen LogP contribution in [0.2, 0.25) is 5.02 Å². The summed E-state index contributed by atoms with van der Waals surface area (Å²) in [6.07, 6.45) is 4.52. The van der Waals surface area contributed by atoms with Crippen LogP contribution >= 0.6 is 11.6 Å². The number of carbonyl (C=O) groups excluding carboxylic acids is 1. The van der Waals surface area contributed by atoms with E-state index in [4.69, 9.17) is 22.1 Å². The van der Waals surface area contributed by atoms with E-state index in [0.29, 0.717) is 29.5 Å². The third-order valence-corrected chi connectivity index (χ3v) is 3.71. The van der Waals surface area contributed by atoms with Crippen LogP contribution in [0.15, 0.2) is 12.4 Å². The van der Waals surface area contributed by atoms with Crippen molar-refractivity contribution in [1.82, 2.24) is 9.88 Å². The number of nitrogens with zero attached hydrogens (tertiary/aromatic N) is 2. The molecule has 0 aromatic carbocycles. The van der Waals surface area contributed by atoms with Gasteiger partial charge in [0.05, 0.1) is 22.6 Å². The number of hydrogen-bond donors (Lipinski definition) is 2. The highest BCUT2D eigenvalue weighted by atomic mass is 35.5. The number of hydrogen-bond acceptors (Lipinski definition) is 5. The third kappa shape index (κ3) is 4.40. The van der Waals surface area contributed by atoms with Gasteiger partial charge in [-0.05, 0) is 33.6 Å². The van der Waals surface area contributed by atoms with E-state index in [1.165, 1.54) is 0 Å². The zero-order chi connectivity index (χ0) is 16.3. The van der Waals surface area contributed by atoms with Gasteiger partial charge in [0.15, 0.2) is 0 Å². The summed E-state index contributed by atoms with van der Waals surface area (Å²) in [5, 5.41) is 3.86. The van der Waals surface area contributed by atoms with Crippen LogP contribution in [0.1, 0.15) is 33.6 Å². The number of nitrogens with one attached hydrogen (secondary N) is 1. The van der Waals surface area contributed by atoms with Gasteiger partial charge in [-0.15, -0.1) is 0 Å². The summed E-state index contributed by atoms with van der Waals surface area (Å²) in [4.78, 5) is 17.7. The normalized spacial score (nSPS) is 16.5. The summed E-state index contributed by atoms with van der Waals surface area (Å²) in [5.74, 6) is 0. The Morgan fingerprint density at radius 3 is 2.59 bits per heavy atom. The first-order valence-corrected chi connectivity index (χ1v) is 7.77. The van der Waals surface area contributed by atoms with E-state index >= 15 is 0 Å². The SMILES string of the molecule is CC(C)(C)OC(=O)N1CCC(Nc2c(N)cncc2Cl)CC1. The number of anilines is 2. The standard InChI is InChI=1S/C15H23ClN4O2/c1-15(2,3)22-14(21)20-6-4-10(5-7-20)19-13-11(16)8-18-9-12(13)17/h8-10H,4-7,17H2,1-3H3,(H,18,19). The Hall–Kier alpha value is -1.69. The Bertz CT molecular complexity index is 517. The molecule has 1 aliphatic heterocycles. The average Bonchev–Trinajstić information content (AvgIpc) is 2.42. The summed E-state index contributed by atoms with van der Waals surface area (Å²) < 4.78 is 5.39. The summed E-state index contributed by atoms with van der Waals surface area (Å²) in [5.41, 5.74) is 6.67. The predicted octanol–water partition coefficient (Wildman–Crippen LogP) is 3.13. The molecule has 1 fully saturated rings. The van der Waals surface area contributed by atoms with Crippen LogP contribution in [0.5, 0.6) is 0 Å². The Morgan fingerprint density at radius 1 is 1.41 bits per heavy atom. The first kappa shape index (κ1) is 16.7. The van der Waals surface area contributed by atoms with Crippen molar-refractivity contribution in [3.05, 3.63) is 17.4 Å². The molecular weight excluding hydrogens is 304 g/mol. The van der Waals surface area contributed by atoms with Crippen molar-refractivity contribution in [1.29, 1.82) is 0 Å². The zero-order valence-corrected chi connectivity index (χ0v) is 14.0. The number of nitrogens with two attached hydrogens (primary N) is 1. The highest BCUT2D eigenvalue weighted by molar-refractivity contribution is 6.33. The van der Waals surface area contributed by atoms with Crippen LogP contribution in [0.3, 0.4) is 0 Å². The molecule has 1 aromatic heterocycles. The van der Waals surface area contributed by atoms with Gasteiger partial charge < -0.3 is 20.7 Å². The number of pyridine rings is 1. The number of likely N-dealkylation sites (tertiary alicyclic amines) is 1. The predicted molar refractivity (Wildman–Crippen MR) is 88.1 cm³/mol. The van der Waals surface area contributed by atoms with Gasteiger partial charge in [-0.3, -0.25) is 4.98 Å². The van der Waals surface area contributed by atoms with Crippen molar-refractivity contribution >= 4 is 29.1 Å². The molecule has 1 aromatic rings. The average molecular weight is 327 g/mol. The van der Waals surface area contributed by atoms with Gasteiger partial charge in [-0.1, -0.05) is 11.6 Å². The highest BCUT2D eigenvalue weighted by Crippen LogP contribution is 2.29. The molecule has 0 radical (unpaired) electrons. The fourth-order valence-corrected chi connectivity index (χ4v) is 2.56. The lowest BCUT2D eigenvalue weighted by atomic mass is 10.0. The fraction of sp³-hybridized carbons (Fsp3) is 0.600. The van der Waals surface area contributed by atoms with Crippen molar-refractivity contribution in [3.63, 3.8) is 0 Å². The Kier molecular flexibility index (Phi) is 5.01. The van der Waals surface area contributed by atoms with Crippen molar-refractivity contribution in [3.8, 4) is 0 Å². The van der Waals surface area contributed by atoms with E-state index in [-0.39, 0.29) is 12.1 Å². The molecular formula is C15H23ClN4O2. The van der Waals surface area contributed by atoms with Crippen LogP contribution in [0.4, 0.5) is 16.2 Å². The molecule has 1 saturated heterocycles. The fourth-order valence-electron chi connectivity index (χ4n) is 2.34. The molecule has 0 bridgehead atoms. The van der Waals surface area contributed by atoms with E-state index in [0.717, 1.165) is 12.8 Å². The summed E-state index contributed by atoms with van der Waals surface area (Å²) in [7, 11) is 0. The summed E-state index contributed by atoms with van der Waals surface area (Å²) >= 11 is 6.11. The number of aromatic nitrogens is 1. The molecule has 0 unspecified atom stereocenters. The Morgan fingerprint density at radius 2 is 2.05 bits per heavy atom. The van der Waals surface area contributed by atoms with Crippen LogP contribution in [-0.4, -0.2) is 40.7 Å². The summed E-state index contributed by atoms with van der Waals surface area (Å²) in [6.45, 7) is 6.90. The molecule has 1 amide bonds. The van der Waals surface area contributed by atoms with E-state index in [2.05, 4.69) is 10.3 Å². The van der Waals surface area contributed by atoms with E-state index in [1.54, 1.807) is 17.3 Å². The molecule has 1 aliphatic rings. The van der Waals surface area contributed by atoms with Gasteiger partial charge in [-0.25, -0.2) is 4.79 Å². The molecule has 22 heavy (non-hydrogen) atoms. The number of nitrogen functional groups attached to an aromatic ring is 1. The van der Waals surface area contributed by atoms with Crippen molar-refractivity contribution < 1.29 is 9.53 Å². The number of halogens is 1. The van der Waals surface area contributed by atoms with Crippen LogP contribution in [0.25, 0.3) is 0 Å². The number of amides is 1. The molecule has 0 saturated carbocycles. The Balaban J connectivity index is 1.89. The van der Waals surface area contributed by atoms with Crippen molar-refractivity contribution in [2.75, 3.05) is 24.1 Å². The maximum Gasteiger partial charge on any atom is 0.410 e. The minimum absolute atomic E-state index is 0.223. The van der Waals surface area contributed by atoms with Crippen LogP contribution in [-0.2, 0) is 4.74 Å². The van der Waals surface area contributed by atoms with Gasteiger partial charge in [0, 0.05) is 25.3 Å².